The van der Waals surface area contributed by atoms with Crippen LogP contribution >= 0.6 is 0 Å². The van der Waals surface area contributed by atoms with Gasteiger partial charge in [0.25, 0.3) is 0 Å². The van der Waals surface area contributed by atoms with Crippen molar-refractivity contribution in [1.29, 1.82) is 0 Å². The summed E-state index contributed by atoms with van der Waals surface area (Å²) in [6.07, 6.45) is 2.02. The van der Waals surface area contributed by atoms with E-state index in [-0.39, 0.29) is 0 Å². The summed E-state index contributed by atoms with van der Waals surface area (Å²) >= 11 is 0. The van der Waals surface area contributed by atoms with Gasteiger partial charge in [-0.15, -0.1) is 0 Å². The van der Waals surface area contributed by atoms with Crippen LogP contribution in [0.2, 0.25) is 0 Å². The molecule has 0 aliphatic heterocycles. The van der Waals surface area contributed by atoms with Crippen molar-refractivity contribution < 1.29 is 9.47 Å². The summed E-state index contributed by atoms with van der Waals surface area (Å²) in [5, 5.41) is 0. The van der Waals surface area contributed by atoms with Crippen LogP contribution in [-0.2, 0) is 4.74 Å². The molecule has 0 unspecified atom stereocenters. The number of nitrogens with two attached hydrogens (primary N) is 1. The van der Waals surface area contributed by atoms with Gasteiger partial charge in [0.2, 0.25) is 0 Å². The zero-order valence-corrected chi connectivity index (χ0v) is 12.1. The minimum atomic E-state index is 0.714. The van der Waals surface area contributed by atoms with Gasteiger partial charge >= 0.3 is 0 Å². The largest absolute Gasteiger partial charge is 0.497 e. The van der Waals surface area contributed by atoms with Gasteiger partial charge in [0.15, 0.2) is 0 Å². The summed E-state index contributed by atoms with van der Waals surface area (Å²) in [6, 6.07) is 8.16. The maximum atomic E-state index is 5.61. The minimum Gasteiger partial charge on any atom is -0.497 e. The molecule has 0 aliphatic carbocycles. The second-order valence-corrected chi connectivity index (χ2v) is 4.38. The van der Waals surface area contributed by atoms with Crippen LogP contribution in [0, 0.1) is 0 Å². The molecule has 0 atom stereocenters. The van der Waals surface area contributed by atoms with Crippen LogP contribution in [-0.4, -0.2) is 40.0 Å². The van der Waals surface area contributed by atoms with Crippen LogP contribution < -0.4 is 15.4 Å². The number of benzene rings is 1. The standard InChI is InChI=1S/C15H26N2O2/c1-3-19-12-6-11-17(10-5-9-16)14-7-4-8-15(13-14)18-2/h4,7-8,13H,3,5-6,9-12,16H2,1-2H3. The Morgan fingerprint density at radius 1 is 1.21 bits per heavy atom. The highest BCUT2D eigenvalue weighted by Gasteiger charge is 2.06. The van der Waals surface area contributed by atoms with Gasteiger partial charge in [-0.05, 0) is 38.4 Å². The molecule has 0 aliphatic rings. The first kappa shape index (κ1) is 15.8. The normalized spacial score (nSPS) is 10.5. The molecule has 0 spiro atoms. The molecule has 0 saturated heterocycles. The monoisotopic (exact) mass is 266 g/mol. The quantitative estimate of drug-likeness (QED) is 0.660. The van der Waals surface area contributed by atoms with Crippen LogP contribution in [0.25, 0.3) is 0 Å². The number of hydrogen-bond donors (Lipinski definition) is 1. The van der Waals surface area contributed by atoms with Gasteiger partial charge in [-0.3, -0.25) is 0 Å². The predicted molar refractivity (Wildman–Crippen MR) is 80.0 cm³/mol. The van der Waals surface area contributed by atoms with Crippen LogP contribution in [0.5, 0.6) is 5.75 Å². The van der Waals surface area contributed by atoms with Crippen molar-refractivity contribution in [3.63, 3.8) is 0 Å². The average Bonchev–Trinajstić information content (AvgIpc) is 2.46. The summed E-state index contributed by atoms with van der Waals surface area (Å²) in [6.45, 7) is 6.27. The third kappa shape index (κ3) is 5.94. The van der Waals surface area contributed by atoms with E-state index >= 15 is 0 Å². The van der Waals surface area contributed by atoms with Crippen molar-refractivity contribution in [2.24, 2.45) is 5.73 Å². The molecule has 2 N–H and O–H groups in total. The highest BCUT2D eigenvalue weighted by atomic mass is 16.5. The van der Waals surface area contributed by atoms with E-state index in [4.69, 9.17) is 15.2 Å². The number of hydrogen-bond acceptors (Lipinski definition) is 4. The van der Waals surface area contributed by atoms with Crippen molar-refractivity contribution in [1.82, 2.24) is 0 Å². The SMILES string of the molecule is CCOCCCN(CCCN)c1cccc(OC)c1. The Morgan fingerprint density at radius 3 is 2.68 bits per heavy atom. The lowest BCUT2D eigenvalue weighted by Gasteiger charge is -2.25. The van der Waals surface area contributed by atoms with Crippen LogP contribution in [0.15, 0.2) is 24.3 Å². The van der Waals surface area contributed by atoms with Gasteiger partial charge in [0, 0.05) is 38.1 Å². The first-order chi connectivity index (χ1) is 9.31. The van der Waals surface area contributed by atoms with Crippen molar-refractivity contribution in [3.05, 3.63) is 24.3 Å². The molecule has 0 aromatic heterocycles. The smallest absolute Gasteiger partial charge is 0.120 e. The summed E-state index contributed by atoms with van der Waals surface area (Å²) < 4.78 is 10.7. The molecule has 0 fully saturated rings. The van der Waals surface area contributed by atoms with E-state index < -0.39 is 0 Å². The summed E-state index contributed by atoms with van der Waals surface area (Å²) in [5.41, 5.74) is 6.80. The molecule has 4 heteroatoms. The second-order valence-electron chi connectivity index (χ2n) is 4.38. The lowest BCUT2D eigenvalue weighted by atomic mass is 10.2. The van der Waals surface area contributed by atoms with Gasteiger partial charge in [0.1, 0.15) is 5.75 Å². The van der Waals surface area contributed by atoms with E-state index in [0.717, 1.165) is 44.9 Å². The lowest BCUT2D eigenvalue weighted by molar-refractivity contribution is 0.146. The number of rotatable bonds is 10. The van der Waals surface area contributed by atoms with Crippen LogP contribution in [0.1, 0.15) is 19.8 Å². The van der Waals surface area contributed by atoms with E-state index in [9.17, 15) is 0 Å². The first-order valence-corrected chi connectivity index (χ1v) is 6.98. The van der Waals surface area contributed by atoms with Crippen molar-refractivity contribution in [2.75, 3.05) is 44.9 Å². The van der Waals surface area contributed by atoms with Crippen molar-refractivity contribution >= 4 is 5.69 Å². The fourth-order valence-corrected chi connectivity index (χ4v) is 1.96. The Labute approximate surface area is 116 Å². The molecule has 19 heavy (non-hydrogen) atoms. The highest BCUT2D eigenvalue weighted by Crippen LogP contribution is 2.21. The highest BCUT2D eigenvalue weighted by molar-refractivity contribution is 5.50. The molecule has 0 bridgehead atoms. The van der Waals surface area contributed by atoms with Crippen molar-refractivity contribution in [3.8, 4) is 5.75 Å². The first-order valence-electron chi connectivity index (χ1n) is 6.98. The molecule has 1 rings (SSSR count). The molecular formula is C15H26N2O2. The van der Waals surface area contributed by atoms with Gasteiger partial charge in [0.05, 0.1) is 7.11 Å². The maximum Gasteiger partial charge on any atom is 0.120 e. The van der Waals surface area contributed by atoms with E-state index in [1.165, 1.54) is 5.69 Å². The predicted octanol–water partition coefficient (Wildman–Crippen LogP) is 2.28. The van der Waals surface area contributed by atoms with Crippen molar-refractivity contribution in [2.45, 2.75) is 19.8 Å². The third-order valence-electron chi connectivity index (χ3n) is 2.97. The van der Waals surface area contributed by atoms with E-state index in [1.54, 1.807) is 7.11 Å². The summed E-state index contributed by atoms with van der Waals surface area (Å²) in [4.78, 5) is 2.34. The number of ether oxygens (including phenoxy) is 2. The van der Waals surface area contributed by atoms with Gasteiger partial charge < -0.3 is 20.1 Å². The molecule has 0 heterocycles. The average molecular weight is 266 g/mol. The topological polar surface area (TPSA) is 47.7 Å². The number of nitrogens with zero attached hydrogens (tertiary/aromatic N) is 1. The number of anilines is 1. The summed E-state index contributed by atoms with van der Waals surface area (Å²) in [7, 11) is 1.69. The van der Waals surface area contributed by atoms with Crippen LogP contribution in [0.4, 0.5) is 5.69 Å². The maximum absolute atomic E-state index is 5.61. The van der Waals surface area contributed by atoms with Gasteiger partial charge in [-0.1, -0.05) is 6.07 Å². The lowest BCUT2D eigenvalue weighted by Crippen LogP contribution is -2.28. The molecule has 1 aromatic rings. The Bertz CT molecular complexity index is 345. The minimum absolute atomic E-state index is 0.714. The molecular weight excluding hydrogens is 240 g/mol. The Hall–Kier alpha value is -1.26. The number of methoxy groups -OCH3 is 1. The van der Waals surface area contributed by atoms with Gasteiger partial charge in [-0.2, -0.15) is 0 Å². The Morgan fingerprint density at radius 2 is 2.00 bits per heavy atom. The van der Waals surface area contributed by atoms with E-state index in [2.05, 4.69) is 17.0 Å². The summed E-state index contributed by atoms with van der Waals surface area (Å²) in [5.74, 6) is 0.889. The fraction of sp³-hybridized carbons (Fsp3) is 0.600. The zero-order valence-electron chi connectivity index (χ0n) is 12.1. The fourth-order valence-electron chi connectivity index (χ4n) is 1.96. The molecule has 1 aromatic carbocycles. The Kier molecular flexibility index (Phi) is 8.02. The van der Waals surface area contributed by atoms with E-state index in [0.29, 0.717) is 6.54 Å². The molecule has 0 radical (unpaired) electrons. The Balaban J connectivity index is 2.60. The zero-order chi connectivity index (χ0) is 13.9. The third-order valence-corrected chi connectivity index (χ3v) is 2.97. The van der Waals surface area contributed by atoms with Gasteiger partial charge in [-0.25, -0.2) is 0 Å². The molecule has 4 nitrogen and oxygen atoms in total. The molecule has 0 amide bonds. The van der Waals surface area contributed by atoms with Crippen LogP contribution in [0.3, 0.4) is 0 Å². The molecule has 108 valence electrons. The molecule has 0 saturated carbocycles. The van der Waals surface area contributed by atoms with E-state index in [1.807, 2.05) is 19.1 Å². The second kappa shape index (κ2) is 9.64.